The number of pyridine rings is 1. The van der Waals surface area contributed by atoms with E-state index in [-0.39, 0.29) is 6.42 Å². The minimum absolute atomic E-state index is 0.124. The highest BCUT2D eigenvalue weighted by atomic mass is 16.4. The van der Waals surface area contributed by atoms with E-state index in [4.69, 9.17) is 5.11 Å². The maximum absolute atomic E-state index is 10.7. The molecule has 1 fully saturated rings. The average molecular weight is 340 g/mol. The number of nitrogens with zero attached hydrogens (tertiary/aromatic N) is 4. The zero-order valence-electron chi connectivity index (χ0n) is 14.8. The van der Waals surface area contributed by atoms with Crippen LogP contribution in [0, 0.1) is 13.8 Å². The van der Waals surface area contributed by atoms with E-state index >= 15 is 0 Å². The first kappa shape index (κ1) is 17.3. The SMILES string of the molecule is Cc1cc(C)nc(N2CCC(c3cccc(CCC(=O)O)n3)CC2)n1. The molecule has 0 unspecified atom stereocenters. The molecule has 0 saturated carbocycles. The number of carboxylic acid groups (broad SMARTS) is 1. The van der Waals surface area contributed by atoms with Crippen molar-refractivity contribution in [3.63, 3.8) is 0 Å². The Kier molecular flexibility index (Phi) is 5.26. The molecule has 1 aliphatic heterocycles. The van der Waals surface area contributed by atoms with E-state index < -0.39 is 5.97 Å². The summed E-state index contributed by atoms with van der Waals surface area (Å²) in [7, 11) is 0. The third-order valence-corrected chi connectivity index (χ3v) is 4.59. The van der Waals surface area contributed by atoms with Gasteiger partial charge in [-0.15, -0.1) is 0 Å². The highest BCUT2D eigenvalue weighted by Crippen LogP contribution is 2.28. The first-order chi connectivity index (χ1) is 12.0. The van der Waals surface area contributed by atoms with Gasteiger partial charge in [-0.3, -0.25) is 9.78 Å². The molecule has 0 amide bonds. The molecule has 0 aliphatic carbocycles. The lowest BCUT2D eigenvalue weighted by Crippen LogP contribution is -2.34. The van der Waals surface area contributed by atoms with Crippen molar-refractivity contribution < 1.29 is 9.90 Å². The topological polar surface area (TPSA) is 79.2 Å². The molecule has 132 valence electrons. The van der Waals surface area contributed by atoms with Crippen LogP contribution < -0.4 is 4.90 Å². The van der Waals surface area contributed by atoms with Gasteiger partial charge >= 0.3 is 5.97 Å². The van der Waals surface area contributed by atoms with E-state index in [1.807, 2.05) is 32.0 Å². The van der Waals surface area contributed by atoms with Gasteiger partial charge in [0.2, 0.25) is 5.95 Å². The van der Waals surface area contributed by atoms with E-state index in [2.05, 4.69) is 25.9 Å². The molecule has 1 saturated heterocycles. The van der Waals surface area contributed by atoms with Crippen molar-refractivity contribution in [3.8, 4) is 0 Å². The molecule has 6 heteroatoms. The highest BCUT2D eigenvalue weighted by Gasteiger charge is 2.23. The van der Waals surface area contributed by atoms with Gasteiger partial charge in [-0.25, -0.2) is 9.97 Å². The first-order valence-corrected chi connectivity index (χ1v) is 8.76. The lowest BCUT2D eigenvalue weighted by molar-refractivity contribution is -0.136. The normalized spacial score (nSPS) is 15.4. The molecular weight excluding hydrogens is 316 g/mol. The molecule has 0 bridgehead atoms. The van der Waals surface area contributed by atoms with E-state index in [0.717, 1.165) is 54.7 Å². The fourth-order valence-corrected chi connectivity index (χ4v) is 3.32. The number of carbonyl (C=O) groups is 1. The number of piperidine rings is 1. The van der Waals surface area contributed by atoms with Crippen molar-refractivity contribution in [2.45, 2.75) is 45.4 Å². The van der Waals surface area contributed by atoms with Crippen LogP contribution in [0.25, 0.3) is 0 Å². The van der Waals surface area contributed by atoms with Crippen LogP contribution in [-0.2, 0) is 11.2 Å². The lowest BCUT2D eigenvalue weighted by atomic mass is 9.93. The molecule has 2 aromatic rings. The summed E-state index contributed by atoms with van der Waals surface area (Å²) in [4.78, 5) is 26.8. The third kappa shape index (κ3) is 4.53. The zero-order valence-corrected chi connectivity index (χ0v) is 14.8. The molecule has 2 aromatic heterocycles. The Bertz CT molecular complexity index is 735. The number of aryl methyl sites for hydroxylation is 3. The number of hydrogen-bond donors (Lipinski definition) is 1. The van der Waals surface area contributed by atoms with Crippen LogP contribution in [-0.4, -0.2) is 39.1 Å². The number of anilines is 1. The second-order valence-corrected chi connectivity index (χ2v) is 6.66. The molecule has 0 atom stereocenters. The van der Waals surface area contributed by atoms with Gasteiger partial charge in [-0.2, -0.15) is 0 Å². The van der Waals surface area contributed by atoms with Crippen LogP contribution in [0.2, 0.25) is 0 Å². The van der Waals surface area contributed by atoms with E-state index in [0.29, 0.717) is 12.3 Å². The number of carboxylic acids is 1. The van der Waals surface area contributed by atoms with Gasteiger partial charge < -0.3 is 10.0 Å². The van der Waals surface area contributed by atoms with Gasteiger partial charge in [-0.1, -0.05) is 6.07 Å². The highest BCUT2D eigenvalue weighted by molar-refractivity contribution is 5.66. The van der Waals surface area contributed by atoms with Gasteiger partial charge in [0.05, 0.1) is 6.42 Å². The quantitative estimate of drug-likeness (QED) is 0.901. The summed E-state index contributed by atoms with van der Waals surface area (Å²) in [5.74, 6) is 0.444. The van der Waals surface area contributed by atoms with Gasteiger partial charge in [0.1, 0.15) is 0 Å². The van der Waals surface area contributed by atoms with Crippen LogP contribution in [0.1, 0.15) is 48.0 Å². The van der Waals surface area contributed by atoms with Crippen molar-refractivity contribution in [1.29, 1.82) is 0 Å². The van der Waals surface area contributed by atoms with Crippen molar-refractivity contribution >= 4 is 11.9 Å². The summed E-state index contributed by atoms with van der Waals surface area (Å²) in [5.41, 5.74) is 3.93. The monoisotopic (exact) mass is 340 g/mol. The fraction of sp³-hybridized carbons (Fsp3) is 0.474. The van der Waals surface area contributed by atoms with Crippen LogP contribution in [0.15, 0.2) is 24.3 Å². The van der Waals surface area contributed by atoms with E-state index in [9.17, 15) is 4.79 Å². The molecule has 3 rings (SSSR count). The van der Waals surface area contributed by atoms with Crippen molar-refractivity contribution in [2.24, 2.45) is 0 Å². The number of aromatic nitrogens is 3. The van der Waals surface area contributed by atoms with E-state index in [1.54, 1.807) is 0 Å². The predicted molar refractivity (Wildman–Crippen MR) is 95.9 cm³/mol. The second-order valence-electron chi connectivity index (χ2n) is 6.66. The molecule has 3 heterocycles. The van der Waals surface area contributed by atoms with Crippen molar-refractivity contribution in [3.05, 3.63) is 47.0 Å². The second kappa shape index (κ2) is 7.59. The maximum atomic E-state index is 10.7. The molecule has 25 heavy (non-hydrogen) atoms. The van der Waals surface area contributed by atoms with E-state index in [1.165, 1.54) is 0 Å². The molecule has 1 N–H and O–H groups in total. The molecule has 0 aromatic carbocycles. The van der Waals surface area contributed by atoms with Crippen molar-refractivity contribution in [2.75, 3.05) is 18.0 Å². The zero-order chi connectivity index (χ0) is 17.8. The minimum Gasteiger partial charge on any atom is -0.481 e. The van der Waals surface area contributed by atoms with Crippen LogP contribution in [0.4, 0.5) is 5.95 Å². The van der Waals surface area contributed by atoms with Crippen LogP contribution in [0.5, 0.6) is 0 Å². The summed E-state index contributed by atoms with van der Waals surface area (Å²) in [6.07, 6.45) is 2.62. The molecular formula is C19H24N4O2. The summed E-state index contributed by atoms with van der Waals surface area (Å²) in [6.45, 7) is 5.82. The Balaban J connectivity index is 1.64. The lowest BCUT2D eigenvalue weighted by Gasteiger charge is -2.32. The summed E-state index contributed by atoms with van der Waals surface area (Å²) in [6, 6.07) is 7.94. The first-order valence-electron chi connectivity index (χ1n) is 8.76. The minimum atomic E-state index is -0.783. The number of rotatable bonds is 5. The third-order valence-electron chi connectivity index (χ3n) is 4.59. The fourth-order valence-electron chi connectivity index (χ4n) is 3.32. The van der Waals surface area contributed by atoms with Crippen LogP contribution >= 0.6 is 0 Å². The summed E-state index contributed by atoms with van der Waals surface area (Å²) >= 11 is 0. The van der Waals surface area contributed by atoms with Gasteiger partial charge in [0.15, 0.2) is 0 Å². The maximum Gasteiger partial charge on any atom is 0.303 e. The molecule has 6 nitrogen and oxygen atoms in total. The smallest absolute Gasteiger partial charge is 0.303 e. The number of aliphatic carboxylic acids is 1. The number of hydrogen-bond acceptors (Lipinski definition) is 5. The molecule has 0 radical (unpaired) electrons. The van der Waals surface area contributed by atoms with Gasteiger partial charge in [0.25, 0.3) is 0 Å². The Labute approximate surface area is 148 Å². The average Bonchev–Trinajstić information content (AvgIpc) is 2.59. The van der Waals surface area contributed by atoms with Crippen molar-refractivity contribution in [1.82, 2.24) is 15.0 Å². The standard InChI is InChI=1S/C19H24N4O2/c1-13-12-14(2)21-19(20-13)23-10-8-15(9-11-23)17-5-3-4-16(22-17)6-7-18(24)25/h3-5,12,15H,6-11H2,1-2H3,(H,24,25). The Hall–Kier alpha value is -2.50. The van der Waals surface area contributed by atoms with Gasteiger partial charge in [-0.05, 0) is 44.9 Å². The Morgan fingerprint density at radius 1 is 1.16 bits per heavy atom. The summed E-state index contributed by atoms with van der Waals surface area (Å²) < 4.78 is 0. The Morgan fingerprint density at radius 3 is 2.48 bits per heavy atom. The van der Waals surface area contributed by atoms with Crippen LogP contribution in [0.3, 0.4) is 0 Å². The molecule has 0 spiro atoms. The predicted octanol–water partition coefficient (Wildman–Crippen LogP) is 2.89. The Morgan fingerprint density at radius 2 is 1.84 bits per heavy atom. The summed E-state index contributed by atoms with van der Waals surface area (Å²) in [5, 5.41) is 8.82. The van der Waals surface area contributed by atoms with Gasteiger partial charge in [0, 0.05) is 48.2 Å². The largest absolute Gasteiger partial charge is 0.481 e. The molecule has 1 aliphatic rings.